The molecule has 106 valence electrons. The Labute approximate surface area is 123 Å². The minimum Gasteiger partial charge on any atom is -0.396 e. The molecule has 0 aliphatic heterocycles. The molecule has 1 aliphatic rings. The third kappa shape index (κ3) is 3.65. The van der Waals surface area contributed by atoms with E-state index in [1.807, 2.05) is 6.92 Å². The summed E-state index contributed by atoms with van der Waals surface area (Å²) in [6.45, 7) is 3.75. The van der Waals surface area contributed by atoms with Crippen LogP contribution in [-0.4, -0.2) is 29.8 Å². The van der Waals surface area contributed by atoms with E-state index in [1.54, 1.807) is 6.07 Å². The molecular weight excluding hydrogens is 285 g/mol. The van der Waals surface area contributed by atoms with Gasteiger partial charge in [-0.2, -0.15) is 0 Å². The van der Waals surface area contributed by atoms with E-state index >= 15 is 0 Å². The fourth-order valence-corrected chi connectivity index (χ4v) is 2.57. The molecule has 0 saturated heterocycles. The molecule has 1 fully saturated rings. The zero-order valence-electron chi connectivity index (χ0n) is 11.0. The molecular formula is C13H19Cl2N3O. The summed E-state index contributed by atoms with van der Waals surface area (Å²) in [6, 6.07) is 1.70. The minimum atomic E-state index is 0.220. The molecule has 0 unspecified atom stereocenters. The summed E-state index contributed by atoms with van der Waals surface area (Å²) in [5.74, 6) is 1.29. The molecule has 4 nitrogen and oxygen atoms in total. The van der Waals surface area contributed by atoms with E-state index in [0.717, 1.165) is 32.4 Å². The lowest BCUT2D eigenvalue weighted by molar-refractivity contribution is 0.253. The van der Waals surface area contributed by atoms with E-state index < -0.39 is 0 Å². The molecule has 3 N–H and O–H groups in total. The standard InChI is InChI=1S/C13H19Cl2N3O/c1-2-16-11-9(14)7-10(15)12(18-11)17-8-13(3-4-13)5-6-19/h7,19H,2-6,8H2,1H3,(H2,16,17,18). The topological polar surface area (TPSA) is 57.2 Å². The highest BCUT2D eigenvalue weighted by molar-refractivity contribution is 6.37. The van der Waals surface area contributed by atoms with E-state index in [-0.39, 0.29) is 12.0 Å². The highest BCUT2D eigenvalue weighted by Crippen LogP contribution is 2.48. The van der Waals surface area contributed by atoms with Crippen molar-refractivity contribution in [3.63, 3.8) is 0 Å². The third-order valence-electron chi connectivity index (χ3n) is 3.50. The number of nitrogens with zero attached hydrogens (tertiary/aromatic N) is 1. The molecule has 1 heterocycles. The summed E-state index contributed by atoms with van der Waals surface area (Å²) in [6.07, 6.45) is 3.11. The van der Waals surface area contributed by atoms with Crippen LogP contribution in [0.25, 0.3) is 0 Å². The average Bonchev–Trinajstić information content (AvgIpc) is 3.12. The normalized spacial score (nSPS) is 16.2. The predicted molar refractivity (Wildman–Crippen MR) is 80.3 cm³/mol. The van der Waals surface area contributed by atoms with Crippen LogP contribution in [-0.2, 0) is 0 Å². The molecule has 0 spiro atoms. The van der Waals surface area contributed by atoms with Crippen molar-refractivity contribution in [1.82, 2.24) is 4.98 Å². The summed E-state index contributed by atoms with van der Waals surface area (Å²) >= 11 is 12.2. The van der Waals surface area contributed by atoms with Gasteiger partial charge < -0.3 is 15.7 Å². The maximum Gasteiger partial charge on any atom is 0.147 e. The quantitative estimate of drug-likeness (QED) is 0.722. The van der Waals surface area contributed by atoms with Crippen LogP contribution in [0.5, 0.6) is 0 Å². The zero-order valence-corrected chi connectivity index (χ0v) is 12.5. The maximum absolute atomic E-state index is 9.05. The highest BCUT2D eigenvalue weighted by atomic mass is 35.5. The molecule has 0 amide bonds. The molecule has 19 heavy (non-hydrogen) atoms. The van der Waals surface area contributed by atoms with Gasteiger partial charge in [-0.1, -0.05) is 23.2 Å². The Morgan fingerprint density at radius 3 is 2.42 bits per heavy atom. The number of aliphatic hydroxyl groups excluding tert-OH is 1. The fourth-order valence-electron chi connectivity index (χ4n) is 2.08. The van der Waals surface area contributed by atoms with Gasteiger partial charge in [0, 0.05) is 19.7 Å². The van der Waals surface area contributed by atoms with Crippen LogP contribution in [0.4, 0.5) is 11.6 Å². The molecule has 2 rings (SSSR count). The zero-order chi connectivity index (χ0) is 13.9. The number of hydrogen-bond acceptors (Lipinski definition) is 4. The third-order valence-corrected chi connectivity index (χ3v) is 4.08. The lowest BCUT2D eigenvalue weighted by atomic mass is 10.0. The molecule has 0 atom stereocenters. The molecule has 0 aromatic carbocycles. The van der Waals surface area contributed by atoms with Gasteiger partial charge in [0.15, 0.2) is 0 Å². The van der Waals surface area contributed by atoms with Crippen LogP contribution in [0, 0.1) is 5.41 Å². The van der Waals surface area contributed by atoms with E-state index in [0.29, 0.717) is 21.7 Å². The number of rotatable bonds is 7. The van der Waals surface area contributed by atoms with Crippen molar-refractivity contribution in [3.05, 3.63) is 16.1 Å². The Balaban J connectivity index is 2.05. The van der Waals surface area contributed by atoms with Crippen LogP contribution in [0.15, 0.2) is 6.07 Å². The van der Waals surface area contributed by atoms with Crippen molar-refractivity contribution in [3.8, 4) is 0 Å². The van der Waals surface area contributed by atoms with Crippen molar-refractivity contribution in [2.24, 2.45) is 5.41 Å². The van der Waals surface area contributed by atoms with Crippen LogP contribution >= 0.6 is 23.2 Å². The van der Waals surface area contributed by atoms with Crippen LogP contribution < -0.4 is 10.6 Å². The highest BCUT2D eigenvalue weighted by Gasteiger charge is 2.41. The largest absolute Gasteiger partial charge is 0.396 e. The van der Waals surface area contributed by atoms with E-state index in [9.17, 15) is 0 Å². The summed E-state index contributed by atoms with van der Waals surface area (Å²) in [7, 11) is 0. The monoisotopic (exact) mass is 303 g/mol. The predicted octanol–water partition coefficient (Wildman–Crippen LogP) is 3.39. The Bertz CT molecular complexity index is 450. The number of hydrogen-bond donors (Lipinski definition) is 3. The molecule has 1 aromatic heterocycles. The maximum atomic E-state index is 9.05. The summed E-state index contributed by atoms with van der Waals surface area (Å²) in [4.78, 5) is 4.40. The number of halogens is 2. The van der Waals surface area contributed by atoms with Crippen molar-refractivity contribution >= 4 is 34.8 Å². The Morgan fingerprint density at radius 2 is 1.89 bits per heavy atom. The number of pyridine rings is 1. The SMILES string of the molecule is CCNc1nc(NCC2(CCO)CC2)c(Cl)cc1Cl. The van der Waals surface area contributed by atoms with Crippen molar-refractivity contribution in [2.75, 3.05) is 30.3 Å². The van der Waals surface area contributed by atoms with Gasteiger partial charge in [-0.05, 0) is 37.7 Å². The Morgan fingerprint density at radius 1 is 1.26 bits per heavy atom. The number of anilines is 2. The van der Waals surface area contributed by atoms with Crippen molar-refractivity contribution in [2.45, 2.75) is 26.2 Å². The van der Waals surface area contributed by atoms with Gasteiger partial charge in [-0.25, -0.2) is 4.98 Å². The van der Waals surface area contributed by atoms with Gasteiger partial charge >= 0.3 is 0 Å². The second-order valence-corrected chi connectivity index (χ2v) is 5.82. The first-order valence-electron chi connectivity index (χ1n) is 6.55. The van der Waals surface area contributed by atoms with Gasteiger partial charge in [0.05, 0.1) is 10.0 Å². The average molecular weight is 304 g/mol. The van der Waals surface area contributed by atoms with Crippen molar-refractivity contribution < 1.29 is 5.11 Å². The van der Waals surface area contributed by atoms with Crippen LogP contribution in [0.2, 0.25) is 10.0 Å². The van der Waals surface area contributed by atoms with Gasteiger partial charge in [0.2, 0.25) is 0 Å². The summed E-state index contributed by atoms with van der Waals surface area (Å²) in [5, 5.41) is 16.5. The lowest BCUT2D eigenvalue weighted by Gasteiger charge is -2.17. The van der Waals surface area contributed by atoms with E-state index in [1.165, 1.54) is 0 Å². The molecule has 1 aromatic rings. The van der Waals surface area contributed by atoms with Gasteiger partial charge in [0.25, 0.3) is 0 Å². The van der Waals surface area contributed by atoms with Gasteiger partial charge in [0.1, 0.15) is 11.6 Å². The first kappa shape index (κ1) is 14.7. The smallest absolute Gasteiger partial charge is 0.147 e. The molecule has 0 radical (unpaired) electrons. The van der Waals surface area contributed by atoms with Gasteiger partial charge in [-0.3, -0.25) is 0 Å². The minimum absolute atomic E-state index is 0.220. The van der Waals surface area contributed by atoms with Crippen LogP contribution in [0.3, 0.4) is 0 Å². The number of nitrogens with one attached hydrogen (secondary N) is 2. The second kappa shape index (κ2) is 6.16. The first-order chi connectivity index (χ1) is 9.10. The van der Waals surface area contributed by atoms with Crippen molar-refractivity contribution in [1.29, 1.82) is 0 Å². The molecule has 1 aliphatic carbocycles. The van der Waals surface area contributed by atoms with Gasteiger partial charge in [-0.15, -0.1) is 0 Å². The molecule has 1 saturated carbocycles. The summed E-state index contributed by atoms with van der Waals surface area (Å²) < 4.78 is 0. The fraction of sp³-hybridized carbons (Fsp3) is 0.615. The molecule has 6 heteroatoms. The molecule has 0 bridgehead atoms. The number of aliphatic hydroxyl groups is 1. The Kier molecular flexibility index (Phi) is 4.76. The summed E-state index contributed by atoms with van der Waals surface area (Å²) in [5.41, 5.74) is 0.220. The Hall–Kier alpha value is -0.710. The van der Waals surface area contributed by atoms with E-state index in [4.69, 9.17) is 28.3 Å². The number of aromatic nitrogens is 1. The van der Waals surface area contributed by atoms with Crippen LogP contribution in [0.1, 0.15) is 26.2 Å². The first-order valence-corrected chi connectivity index (χ1v) is 7.30. The lowest BCUT2D eigenvalue weighted by Crippen LogP contribution is -2.18. The second-order valence-electron chi connectivity index (χ2n) is 5.01. The van der Waals surface area contributed by atoms with E-state index in [2.05, 4.69) is 15.6 Å².